The molecule has 0 aliphatic carbocycles. The Bertz CT molecular complexity index is 862. The van der Waals surface area contributed by atoms with E-state index in [-0.39, 0.29) is 24.7 Å². The minimum absolute atomic E-state index is 0.0582. The molecule has 0 radical (unpaired) electrons. The van der Waals surface area contributed by atoms with Gasteiger partial charge < -0.3 is 9.15 Å². The van der Waals surface area contributed by atoms with Crippen molar-refractivity contribution in [2.45, 2.75) is 19.2 Å². The maximum absolute atomic E-state index is 12.1. The van der Waals surface area contributed by atoms with E-state index >= 15 is 0 Å². The number of alkyl halides is 3. The van der Waals surface area contributed by atoms with Gasteiger partial charge in [0, 0.05) is 18.4 Å². The van der Waals surface area contributed by atoms with E-state index in [4.69, 9.17) is 4.42 Å². The van der Waals surface area contributed by atoms with Crippen LogP contribution in [0, 0.1) is 0 Å². The van der Waals surface area contributed by atoms with Crippen molar-refractivity contribution in [3.05, 3.63) is 24.3 Å². The standard InChI is InChI=1S/C15H11F3N4O5/c16-15(17,18)27-9-3-1-8(2-4-9)13-20-21-14(26-13)19-10(23)7-22-11(24)5-6-12(22)25/h1-4H,5-7H2,(H,19,21,23). The number of carbonyl (C=O) groups excluding carboxylic acids is 3. The zero-order chi connectivity index (χ0) is 19.6. The molecule has 0 atom stereocenters. The first-order valence-electron chi connectivity index (χ1n) is 7.54. The number of amides is 3. The Hall–Kier alpha value is -3.44. The fourth-order valence-corrected chi connectivity index (χ4v) is 2.29. The molecule has 1 N–H and O–H groups in total. The summed E-state index contributed by atoms with van der Waals surface area (Å²) in [4.78, 5) is 35.6. The lowest BCUT2D eigenvalue weighted by Gasteiger charge is -2.11. The number of carbonyl (C=O) groups is 3. The van der Waals surface area contributed by atoms with Crippen molar-refractivity contribution in [1.29, 1.82) is 0 Å². The number of ether oxygens (including phenoxy) is 1. The monoisotopic (exact) mass is 384 g/mol. The van der Waals surface area contributed by atoms with Gasteiger partial charge in [-0.05, 0) is 24.3 Å². The molecule has 142 valence electrons. The number of benzene rings is 1. The second kappa shape index (κ2) is 7.05. The van der Waals surface area contributed by atoms with Crippen molar-refractivity contribution in [1.82, 2.24) is 15.1 Å². The average Bonchev–Trinajstić information content (AvgIpc) is 3.16. The van der Waals surface area contributed by atoms with Gasteiger partial charge in [-0.3, -0.25) is 24.6 Å². The van der Waals surface area contributed by atoms with Crippen LogP contribution in [0.1, 0.15) is 12.8 Å². The van der Waals surface area contributed by atoms with Crippen LogP contribution in [0.5, 0.6) is 5.75 Å². The van der Waals surface area contributed by atoms with Crippen molar-refractivity contribution in [2.24, 2.45) is 0 Å². The molecule has 1 aromatic carbocycles. The third-order valence-corrected chi connectivity index (χ3v) is 3.46. The largest absolute Gasteiger partial charge is 0.573 e. The lowest BCUT2D eigenvalue weighted by atomic mass is 10.2. The first-order chi connectivity index (χ1) is 12.7. The molecule has 0 bridgehead atoms. The molecule has 1 aliphatic heterocycles. The highest BCUT2D eigenvalue weighted by atomic mass is 19.4. The van der Waals surface area contributed by atoms with Crippen molar-refractivity contribution in [2.75, 3.05) is 11.9 Å². The topological polar surface area (TPSA) is 115 Å². The molecule has 1 saturated heterocycles. The molecule has 9 nitrogen and oxygen atoms in total. The number of hydrogen-bond donors (Lipinski definition) is 1. The maximum Gasteiger partial charge on any atom is 0.573 e. The molecule has 2 aromatic rings. The number of anilines is 1. The Morgan fingerprint density at radius 2 is 1.78 bits per heavy atom. The fourth-order valence-electron chi connectivity index (χ4n) is 2.29. The van der Waals surface area contributed by atoms with Crippen LogP contribution in [0.4, 0.5) is 19.2 Å². The summed E-state index contributed by atoms with van der Waals surface area (Å²) < 4.78 is 45.3. The number of halogens is 3. The molecule has 0 saturated carbocycles. The zero-order valence-electron chi connectivity index (χ0n) is 13.4. The second-order valence-corrected chi connectivity index (χ2v) is 5.41. The van der Waals surface area contributed by atoms with Crippen LogP contribution in [0.15, 0.2) is 28.7 Å². The molecule has 1 aromatic heterocycles. The van der Waals surface area contributed by atoms with Gasteiger partial charge in [0.05, 0.1) is 0 Å². The summed E-state index contributed by atoms with van der Waals surface area (Å²) in [7, 11) is 0. The van der Waals surface area contributed by atoms with Crippen LogP contribution in [0.25, 0.3) is 11.5 Å². The summed E-state index contributed by atoms with van der Waals surface area (Å²) >= 11 is 0. The van der Waals surface area contributed by atoms with Crippen molar-refractivity contribution in [3.63, 3.8) is 0 Å². The van der Waals surface area contributed by atoms with Crippen molar-refractivity contribution in [3.8, 4) is 17.2 Å². The molecule has 0 spiro atoms. The van der Waals surface area contributed by atoms with Gasteiger partial charge >= 0.3 is 12.4 Å². The molecule has 27 heavy (non-hydrogen) atoms. The van der Waals surface area contributed by atoms with Gasteiger partial charge in [0.2, 0.25) is 23.6 Å². The van der Waals surface area contributed by atoms with E-state index in [1.165, 1.54) is 12.1 Å². The molecule has 3 rings (SSSR count). The van der Waals surface area contributed by atoms with E-state index in [1.807, 2.05) is 0 Å². The first kappa shape index (κ1) is 18.4. The Morgan fingerprint density at radius 3 is 2.37 bits per heavy atom. The summed E-state index contributed by atoms with van der Waals surface area (Å²) in [6.45, 7) is -0.473. The number of aromatic nitrogens is 2. The van der Waals surface area contributed by atoms with Crippen LogP contribution in [-0.4, -0.2) is 45.7 Å². The predicted molar refractivity (Wildman–Crippen MR) is 81.0 cm³/mol. The zero-order valence-corrected chi connectivity index (χ0v) is 13.4. The highest BCUT2D eigenvalue weighted by molar-refractivity contribution is 6.05. The molecular formula is C15H11F3N4O5. The Kier molecular flexibility index (Phi) is 4.79. The van der Waals surface area contributed by atoms with Gasteiger partial charge in [0.15, 0.2) is 0 Å². The predicted octanol–water partition coefficient (Wildman–Crippen LogP) is 1.72. The van der Waals surface area contributed by atoms with Crippen LogP contribution >= 0.6 is 0 Å². The van der Waals surface area contributed by atoms with Crippen LogP contribution in [0.2, 0.25) is 0 Å². The van der Waals surface area contributed by atoms with E-state index in [2.05, 4.69) is 20.3 Å². The maximum atomic E-state index is 12.1. The number of hydrogen-bond acceptors (Lipinski definition) is 7. The summed E-state index contributed by atoms with van der Waals surface area (Å²) in [5.74, 6) is -2.07. The lowest BCUT2D eigenvalue weighted by Crippen LogP contribution is -2.36. The van der Waals surface area contributed by atoms with Gasteiger partial charge in [-0.25, -0.2) is 0 Å². The molecule has 12 heteroatoms. The summed E-state index contributed by atoms with van der Waals surface area (Å²) in [6, 6.07) is 4.37. The van der Waals surface area contributed by atoms with E-state index in [1.54, 1.807) is 0 Å². The normalized spacial score (nSPS) is 14.6. The second-order valence-electron chi connectivity index (χ2n) is 5.41. The number of likely N-dealkylation sites (tertiary alicyclic amines) is 1. The van der Waals surface area contributed by atoms with Crippen LogP contribution in [-0.2, 0) is 14.4 Å². The van der Waals surface area contributed by atoms with Gasteiger partial charge in [0.1, 0.15) is 12.3 Å². The number of imide groups is 1. The smallest absolute Gasteiger partial charge is 0.406 e. The summed E-state index contributed by atoms with van der Waals surface area (Å²) in [5.41, 5.74) is 0.294. The van der Waals surface area contributed by atoms with Crippen LogP contribution < -0.4 is 10.1 Å². The Balaban J connectivity index is 1.62. The third kappa shape index (κ3) is 4.59. The average molecular weight is 384 g/mol. The quantitative estimate of drug-likeness (QED) is 0.781. The van der Waals surface area contributed by atoms with Gasteiger partial charge in [0.25, 0.3) is 0 Å². The Labute approximate surface area is 149 Å². The van der Waals surface area contributed by atoms with Gasteiger partial charge in [-0.2, -0.15) is 0 Å². The molecule has 1 aliphatic rings. The lowest BCUT2D eigenvalue weighted by molar-refractivity contribution is -0.274. The fraction of sp³-hybridized carbons (Fsp3) is 0.267. The summed E-state index contributed by atoms with van der Waals surface area (Å²) in [6.07, 6.45) is -4.68. The van der Waals surface area contributed by atoms with E-state index in [0.29, 0.717) is 5.56 Å². The highest BCUT2D eigenvalue weighted by Gasteiger charge is 2.31. The molecule has 0 unspecified atom stereocenters. The van der Waals surface area contributed by atoms with Crippen molar-refractivity contribution >= 4 is 23.7 Å². The molecular weight excluding hydrogens is 373 g/mol. The Morgan fingerprint density at radius 1 is 1.15 bits per heavy atom. The summed E-state index contributed by atoms with van der Waals surface area (Å²) in [5, 5.41) is 9.49. The van der Waals surface area contributed by atoms with Gasteiger partial charge in [-0.15, -0.1) is 18.3 Å². The van der Waals surface area contributed by atoms with Gasteiger partial charge in [-0.1, -0.05) is 5.10 Å². The first-order valence-corrected chi connectivity index (χ1v) is 7.54. The molecule has 1 fully saturated rings. The molecule has 3 amide bonds. The van der Waals surface area contributed by atoms with E-state index < -0.39 is 36.4 Å². The third-order valence-electron chi connectivity index (χ3n) is 3.46. The number of nitrogens with zero attached hydrogens (tertiary/aromatic N) is 3. The number of nitrogens with one attached hydrogen (secondary N) is 1. The van der Waals surface area contributed by atoms with E-state index in [0.717, 1.165) is 17.0 Å². The highest BCUT2D eigenvalue weighted by Crippen LogP contribution is 2.26. The van der Waals surface area contributed by atoms with Crippen LogP contribution in [0.3, 0.4) is 0 Å². The molecule has 2 heterocycles. The minimum atomic E-state index is -4.80. The number of rotatable bonds is 5. The SMILES string of the molecule is O=C(CN1C(=O)CCC1=O)Nc1nnc(-c2ccc(OC(F)(F)F)cc2)o1. The van der Waals surface area contributed by atoms with E-state index in [9.17, 15) is 27.6 Å². The minimum Gasteiger partial charge on any atom is -0.406 e. The van der Waals surface area contributed by atoms with Crippen molar-refractivity contribution < 1.29 is 36.7 Å².